The molecule has 0 saturated heterocycles. The number of rotatable bonds is 3. The van der Waals surface area contributed by atoms with Crippen LogP contribution in [-0.4, -0.2) is 5.91 Å². The molecule has 128 valence electrons. The first-order valence-electron chi connectivity index (χ1n) is 8.38. The number of hydrogen-bond acceptors (Lipinski definition) is 3. The van der Waals surface area contributed by atoms with Crippen LogP contribution in [-0.2, 0) is 4.79 Å². The predicted molar refractivity (Wildman–Crippen MR) is 107 cm³/mol. The third-order valence-electron chi connectivity index (χ3n) is 4.88. The Bertz CT molecular complexity index is 834. The molecule has 2 aliphatic rings. The Morgan fingerprint density at radius 3 is 2.80 bits per heavy atom. The molecule has 3 unspecified atom stereocenters. The van der Waals surface area contributed by atoms with E-state index in [4.69, 9.17) is 0 Å². The van der Waals surface area contributed by atoms with Gasteiger partial charge in [0.15, 0.2) is 0 Å². The van der Waals surface area contributed by atoms with Crippen LogP contribution < -0.4 is 10.0 Å². The van der Waals surface area contributed by atoms with Crippen molar-refractivity contribution in [2.45, 2.75) is 30.2 Å². The van der Waals surface area contributed by atoms with Crippen LogP contribution in [0.3, 0.4) is 0 Å². The van der Waals surface area contributed by atoms with Gasteiger partial charge in [-0.15, -0.1) is 0 Å². The molecule has 0 bridgehead atoms. The van der Waals surface area contributed by atoms with Crippen molar-refractivity contribution in [2.75, 3.05) is 5.32 Å². The SMILES string of the molecule is CC(=O)NSc1ccc2c(c1)C1C=CCC1C(c1ccc(Br)cc1)N2. The summed E-state index contributed by atoms with van der Waals surface area (Å²) in [5.41, 5.74) is 3.83. The summed E-state index contributed by atoms with van der Waals surface area (Å²) in [7, 11) is 0. The van der Waals surface area contributed by atoms with Gasteiger partial charge in [0, 0.05) is 27.9 Å². The highest BCUT2D eigenvalue weighted by atomic mass is 79.9. The van der Waals surface area contributed by atoms with Crippen LogP contribution in [0.5, 0.6) is 0 Å². The van der Waals surface area contributed by atoms with Gasteiger partial charge in [-0.05, 0) is 65.7 Å². The van der Waals surface area contributed by atoms with Gasteiger partial charge in [0.05, 0.1) is 6.04 Å². The standard InChI is InChI=1S/C20H19BrN2OS/c1-12(24)23-25-15-9-10-19-18(11-15)16-3-2-4-17(16)20(22-19)13-5-7-14(21)8-6-13/h2-3,5-11,16-17,20,22H,4H2,1H3,(H,23,24). The molecule has 1 aliphatic carbocycles. The molecule has 1 heterocycles. The van der Waals surface area contributed by atoms with Gasteiger partial charge in [0.2, 0.25) is 5.91 Å². The van der Waals surface area contributed by atoms with E-state index in [9.17, 15) is 4.79 Å². The summed E-state index contributed by atoms with van der Waals surface area (Å²) >= 11 is 4.90. The van der Waals surface area contributed by atoms with Crippen molar-refractivity contribution in [3.63, 3.8) is 0 Å². The molecule has 0 spiro atoms. The Labute approximate surface area is 160 Å². The molecule has 2 aromatic rings. The summed E-state index contributed by atoms with van der Waals surface area (Å²) < 4.78 is 3.91. The molecule has 2 N–H and O–H groups in total. The number of benzene rings is 2. The molecule has 5 heteroatoms. The number of fused-ring (bicyclic) bond motifs is 3. The van der Waals surface area contributed by atoms with Crippen LogP contribution in [0, 0.1) is 5.92 Å². The molecule has 1 amide bonds. The highest BCUT2D eigenvalue weighted by Gasteiger charge is 2.37. The van der Waals surface area contributed by atoms with E-state index in [1.807, 2.05) is 0 Å². The molecule has 2 aromatic carbocycles. The lowest BCUT2D eigenvalue weighted by Crippen LogP contribution is -2.29. The van der Waals surface area contributed by atoms with Gasteiger partial charge < -0.3 is 5.32 Å². The highest BCUT2D eigenvalue weighted by molar-refractivity contribution is 9.10. The van der Waals surface area contributed by atoms with Crippen LogP contribution in [0.2, 0.25) is 0 Å². The second-order valence-corrected chi connectivity index (χ2v) is 8.33. The molecule has 0 saturated carbocycles. The summed E-state index contributed by atoms with van der Waals surface area (Å²) in [4.78, 5) is 12.2. The normalized spacial score (nSPS) is 23.5. The van der Waals surface area contributed by atoms with Gasteiger partial charge in [-0.3, -0.25) is 9.52 Å². The van der Waals surface area contributed by atoms with Crippen LogP contribution in [0.15, 0.2) is 64.0 Å². The van der Waals surface area contributed by atoms with Gasteiger partial charge in [0.1, 0.15) is 0 Å². The Balaban J connectivity index is 1.66. The molecule has 3 atom stereocenters. The maximum Gasteiger partial charge on any atom is 0.226 e. The first-order valence-corrected chi connectivity index (χ1v) is 9.99. The van der Waals surface area contributed by atoms with E-state index >= 15 is 0 Å². The molecule has 4 rings (SSSR count). The minimum absolute atomic E-state index is 0.0326. The fraction of sp³-hybridized carbons (Fsp3) is 0.250. The van der Waals surface area contributed by atoms with Crippen molar-refractivity contribution >= 4 is 39.5 Å². The lowest BCUT2D eigenvalue weighted by Gasteiger charge is -2.37. The van der Waals surface area contributed by atoms with E-state index in [0.29, 0.717) is 17.9 Å². The maximum atomic E-state index is 11.2. The largest absolute Gasteiger partial charge is 0.378 e. The van der Waals surface area contributed by atoms with Gasteiger partial charge in [-0.25, -0.2) is 0 Å². The first-order chi connectivity index (χ1) is 12.1. The number of carbonyl (C=O) groups is 1. The monoisotopic (exact) mass is 414 g/mol. The van der Waals surface area contributed by atoms with E-state index in [1.54, 1.807) is 0 Å². The average molecular weight is 415 g/mol. The van der Waals surface area contributed by atoms with E-state index < -0.39 is 0 Å². The smallest absolute Gasteiger partial charge is 0.226 e. The van der Waals surface area contributed by atoms with E-state index in [1.165, 1.54) is 35.7 Å². The molecule has 0 fully saturated rings. The Hall–Kier alpha value is -1.72. The molecular weight excluding hydrogens is 396 g/mol. The molecule has 25 heavy (non-hydrogen) atoms. The lowest BCUT2D eigenvalue weighted by molar-refractivity contribution is -0.117. The number of anilines is 1. The van der Waals surface area contributed by atoms with E-state index in [-0.39, 0.29) is 5.91 Å². The Kier molecular flexibility index (Phi) is 4.61. The lowest BCUT2D eigenvalue weighted by atomic mass is 9.77. The van der Waals surface area contributed by atoms with E-state index in [0.717, 1.165) is 15.8 Å². The molecule has 1 aliphatic heterocycles. The number of carbonyl (C=O) groups excluding carboxylic acids is 1. The van der Waals surface area contributed by atoms with Crippen LogP contribution in [0.4, 0.5) is 5.69 Å². The van der Waals surface area contributed by atoms with Gasteiger partial charge in [0.25, 0.3) is 0 Å². The number of halogens is 1. The summed E-state index contributed by atoms with van der Waals surface area (Å²) in [6.07, 6.45) is 5.72. The third kappa shape index (κ3) is 3.35. The number of amides is 1. The van der Waals surface area contributed by atoms with Crippen molar-refractivity contribution in [3.05, 3.63) is 70.2 Å². The molecule has 0 radical (unpaired) electrons. The highest BCUT2D eigenvalue weighted by Crippen LogP contribution is 2.50. The van der Waals surface area contributed by atoms with Gasteiger partial charge in [-0.2, -0.15) is 0 Å². The minimum Gasteiger partial charge on any atom is -0.378 e. The third-order valence-corrected chi connectivity index (χ3v) is 6.28. The van der Waals surface area contributed by atoms with Crippen molar-refractivity contribution in [1.29, 1.82) is 0 Å². The van der Waals surface area contributed by atoms with E-state index in [2.05, 4.69) is 80.6 Å². The molecular formula is C20H19BrN2OS. The second-order valence-electron chi connectivity index (χ2n) is 6.54. The summed E-state index contributed by atoms with van der Waals surface area (Å²) in [5, 5.41) is 3.74. The topological polar surface area (TPSA) is 41.1 Å². The molecule has 3 nitrogen and oxygen atoms in total. The van der Waals surface area contributed by atoms with Crippen LogP contribution in [0.1, 0.15) is 36.4 Å². The van der Waals surface area contributed by atoms with Crippen molar-refractivity contribution in [1.82, 2.24) is 4.72 Å². The second kappa shape index (κ2) is 6.89. The van der Waals surface area contributed by atoms with Crippen molar-refractivity contribution < 1.29 is 4.79 Å². The fourth-order valence-electron chi connectivity index (χ4n) is 3.77. The van der Waals surface area contributed by atoms with Crippen LogP contribution >= 0.6 is 27.9 Å². The van der Waals surface area contributed by atoms with Crippen molar-refractivity contribution in [3.8, 4) is 0 Å². The maximum absolute atomic E-state index is 11.2. The minimum atomic E-state index is -0.0326. The first kappa shape index (κ1) is 16.7. The predicted octanol–water partition coefficient (Wildman–Crippen LogP) is 5.42. The van der Waals surface area contributed by atoms with Gasteiger partial charge >= 0.3 is 0 Å². The zero-order valence-electron chi connectivity index (χ0n) is 13.8. The number of allylic oxidation sites excluding steroid dienone is 2. The zero-order chi connectivity index (χ0) is 17.4. The number of nitrogens with one attached hydrogen (secondary N) is 2. The Morgan fingerprint density at radius 1 is 1.24 bits per heavy atom. The van der Waals surface area contributed by atoms with Crippen molar-refractivity contribution in [2.24, 2.45) is 5.92 Å². The Morgan fingerprint density at radius 2 is 2.04 bits per heavy atom. The van der Waals surface area contributed by atoms with Gasteiger partial charge in [-0.1, -0.05) is 40.2 Å². The molecule has 0 aromatic heterocycles. The number of hydrogen-bond donors (Lipinski definition) is 2. The van der Waals surface area contributed by atoms with Crippen LogP contribution in [0.25, 0.3) is 0 Å². The summed E-state index contributed by atoms with van der Waals surface area (Å²) in [5.74, 6) is 0.909. The fourth-order valence-corrected chi connectivity index (χ4v) is 4.61. The quantitative estimate of drug-likeness (QED) is 0.520. The summed E-state index contributed by atoms with van der Waals surface area (Å²) in [6, 6.07) is 15.3. The summed E-state index contributed by atoms with van der Waals surface area (Å²) in [6.45, 7) is 1.53. The zero-order valence-corrected chi connectivity index (χ0v) is 16.2. The average Bonchev–Trinajstić information content (AvgIpc) is 3.10.